The number of carboxylic acid groups (broad SMARTS) is 1. The molecule has 0 rings (SSSR count). The molecule has 1 atom stereocenters. The van der Waals surface area contributed by atoms with Crippen LogP contribution < -0.4 is 5.73 Å². The van der Waals surface area contributed by atoms with Crippen molar-refractivity contribution >= 4 is 5.97 Å². The highest BCUT2D eigenvalue weighted by Crippen LogP contribution is 2.24. The fraction of sp³-hybridized carbons (Fsp3) is 0.875. The third-order valence-corrected chi connectivity index (χ3v) is 2.31. The second kappa shape index (κ2) is 3.72. The summed E-state index contributed by atoms with van der Waals surface area (Å²) in [6.45, 7) is 5.99. The van der Waals surface area contributed by atoms with E-state index >= 15 is 0 Å². The molecule has 0 heterocycles. The van der Waals surface area contributed by atoms with E-state index in [1.165, 1.54) is 0 Å². The summed E-state index contributed by atoms with van der Waals surface area (Å²) in [7, 11) is 0. The highest BCUT2D eigenvalue weighted by atomic mass is 16.4. The largest absolute Gasteiger partial charge is 0.481 e. The van der Waals surface area contributed by atoms with E-state index in [1.807, 2.05) is 20.8 Å². The maximum atomic E-state index is 10.3. The zero-order valence-electron chi connectivity index (χ0n) is 7.42. The lowest BCUT2D eigenvalue weighted by Gasteiger charge is -2.28. The Morgan fingerprint density at radius 3 is 2.36 bits per heavy atom. The summed E-state index contributed by atoms with van der Waals surface area (Å²) in [4.78, 5) is 10.3. The molecule has 0 radical (unpaired) electrons. The number of nitrogens with two attached hydrogens (primary N) is 1. The van der Waals surface area contributed by atoms with E-state index in [1.54, 1.807) is 0 Å². The van der Waals surface area contributed by atoms with Crippen molar-refractivity contribution in [2.24, 2.45) is 11.1 Å². The first-order chi connectivity index (χ1) is 4.90. The van der Waals surface area contributed by atoms with Gasteiger partial charge in [-0.2, -0.15) is 0 Å². The van der Waals surface area contributed by atoms with Crippen molar-refractivity contribution in [3.8, 4) is 0 Å². The summed E-state index contributed by atoms with van der Waals surface area (Å²) < 4.78 is 0. The van der Waals surface area contributed by atoms with Crippen LogP contribution in [0.2, 0.25) is 0 Å². The predicted molar refractivity (Wildman–Crippen MR) is 44.3 cm³/mol. The third kappa shape index (κ3) is 3.37. The summed E-state index contributed by atoms with van der Waals surface area (Å²) in [6.07, 6.45) is 0.961. The molecule has 1 unspecified atom stereocenters. The van der Waals surface area contributed by atoms with Crippen LogP contribution in [0.3, 0.4) is 0 Å². The molecule has 3 N–H and O–H groups in total. The van der Waals surface area contributed by atoms with Crippen LogP contribution in [-0.4, -0.2) is 17.1 Å². The first-order valence-electron chi connectivity index (χ1n) is 3.87. The van der Waals surface area contributed by atoms with Gasteiger partial charge in [-0.25, -0.2) is 0 Å². The number of carbonyl (C=O) groups is 1. The second-order valence-electron chi connectivity index (χ2n) is 3.55. The van der Waals surface area contributed by atoms with Gasteiger partial charge in [0.2, 0.25) is 0 Å². The van der Waals surface area contributed by atoms with Gasteiger partial charge in [0.05, 0.1) is 6.42 Å². The van der Waals surface area contributed by atoms with Crippen molar-refractivity contribution in [3.05, 3.63) is 0 Å². The molecule has 0 aromatic carbocycles. The molecule has 0 amide bonds. The first-order valence-corrected chi connectivity index (χ1v) is 3.87. The predicted octanol–water partition coefficient (Wildman–Crippen LogP) is 1.22. The van der Waals surface area contributed by atoms with E-state index in [4.69, 9.17) is 10.8 Å². The summed E-state index contributed by atoms with van der Waals surface area (Å²) in [5, 5.41) is 8.46. The summed E-state index contributed by atoms with van der Waals surface area (Å²) in [5.41, 5.74) is 5.61. The molecule has 0 saturated heterocycles. The van der Waals surface area contributed by atoms with Gasteiger partial charge in [0.15, 0.2) is 0 Å². The Hall–Kier alpha value is -0.570. The van der Waals surface area contributed by atoms with Crippen LogP contribution >= 0.6 is 0 Å². The zero-order chi connectivity index (χ0) is 9.07. The molecule has 0 aromatic rings. The molecule has 0 aliphatic heterocycles. The van der Waals surface area contributed by atoms with Crippen molar-refractivity contribution in [1.82, 2.24) is 0 Å². The van der Waals surface area contributed by atoms with Crippen molar-refractivity contribution in [2.45, 2.75) is 39.7 Å². The summed E-state index contributed by atoms with van der Waals surface area (Å²) >= 11 is 0. The standard InChI is InChI=1S/C8H17NO2/c1-4-8(2,3)6(9)5-7(10)11/h6H,4-5,9H2,1-3H3,(H,10,11). The van der Waals surface area contributed by atoms with Crippen LogP contribution in [0.5, 0.6) is 0 Å². The van der Waals surface area contributed by atoms with Gasteiger partial charge in [-0.1, -0.05) is 20.8 Å². The lowest BCUT2D eigenvalue weighted by atomic mass is 9.81. The molecule has 0 saturated carbocycles. The van der Waals surface area contributed by atoms with Gasteiger partial charge in [0.1, 0.15) is 0 Å². The normalized spacial score (nSPS) is 14.5. The molecule has 3 nitrogen and oxygen atoms in total. The molecular weight excluding hydrogens is 142 g/mol. The summed E-state index contributed by atoms with van der Waals surface area (Å²) in [6, 6.07) is -0.245. The Bertz CT molecular complexity index is 143. The fourth-order valence-electron chi connectivity index (χ4n) is 0.727. The van der Waals surface area contributed by atoms with Gasteiger partial charge < -0.3 is 10.8 Å². The van der Waals surface area contributed by atoms with E-state index in [0.717, 1.165) is 6.42 Å². The van der Waals surface area contributed by atoms with Crippen LogP contribution in [0.1, 0.15) is 33.6 Å². The minimum absolute atomic E-state index is 0.0564. The molecule has 0 spiro atoms. The smallest absolute Gasteiger partial charge is 0.304 e. The Morgan fingerprint density at radius 1 is 1.64 bits per heavy atom. The van der Waals surface area contributed by atoms with Gasteiger partial charge in [0, 0.05) is 6.04 Å². The Labute approximate surface area is 67.6 Å². The number of hydrogen-bond acceptors (Lipinski definition) is 2. The third-order valence-electron chi connectivity index (χ3n) is 2.31. The van der Waals surface area contributed by atoms with Gasteiger partial charge in [-0.15, -0.1) is 0 Å². The highest BCUT2D eigenvalue weighted by Gasteiger charge is 2.25. The number of aliphatic carboxylic acids is 1. The number of rotatable bonds is 4. The Kier molecular flexibility index (Phi) is 3.52. The molecule has 3 heteroatoms. The second-order valence-corrected chi connectivity index (χ2v) is 3.55. The van der Waals surface area contributed by atoms with Crippen molar-refractivity contribution < 1.29 is 9.90 Å². The minimum Gasteiger partial charge on any atom is -0.481 e. The van der Waals surface area contributed by atoms with E-state index in [0.29, 0.717) is 0 Å². The van der Waals surface area contributed by atoms with Gasteiger partial charge in [-0.3, -0.25) is 4.79 Å². The van der Waals surface area contributed by atoms with Gasteiger partial charge >= 0.3 is 5.97 Å². The van der Waals surface area contributed by atoms with Crippen LogP contribution in [-0.2, 0) is 4.79 Å². The lowest BCUT2D eigenvalue weighted by Crippen LogP contribution is -2.38. The van der Waals surface area contributed by atoms with Gasteiger partial charge in [-0.05, 0) is 11.8 Å². The molecule has 0 fully saturated rings. The fourth-order valence-corrected chi connectivity index (χ4v) is 0.727. The van der Waals surface area contributed by atoms with Crippen LogP contribution in [0.15, 0.2) is 0 Å². The van der Waals surface area contributed by atoms with Crippen LogP contribution in [0.25, 0.3) is 0 Å². The Balaban J connectivity index is 4.01. The van der Waals surface area contributed by atoms with E-state index < -0.39 is 5.97 Å². The molecule has 11 heavy (non-hydrogen) atoms. The minimum atomic E-state index is -0.820. The number of hydrogen-bond donors (Lipinski definition) is 2. The zero-order valence-corrected chi connectivity index (χ0v) is 7.42. The van der Waals surface area contributed by atoms with Crippen LogP contribution in [0, 0.1) is 5.41 Å². The molecule has 0 aromatic heterocycles. The SMILES string of the molecule is CCC(C)(C)C(N)CC(=O)O. The average molecular weight is 159 g/mol. The number of carboxylic acids is 1. The molecule has 0 aliphatic carbocycles. The highest BCUT2D eigenvalue weighted by molar-refractivity contribution is 5.67. The Morgan fingerprint density at radius 2 is 2.09 bits per heavy atom. The van der Waals surface area contributed by atoms with Crippen molar-refractivity contribution in [3.63, 3.8) is 0 Å². The maximum absolute atomic E-state index is 10.3. The molecular formula is C8H17NO2. The molecule has 0 aliphatic rings. The molecule has 66 valence electrons. The van der Waals surface area contributed by atoms with Gasteiger partial charge in [0.25, 0.3) is 0 Å². The van der Waals surface area contributed by atoms with E-state index in [-0.39, 0.29) is 17.9 Å². The topological polar surface area (TPSA) is 63.3 Å². The van der Waals surface area contributed by atoms with Crippen LogP contribution in [0.4, 0.5) is 0 Å². The summed E-state index contributed by atoms with van der Waals surface area (Å²) in [5.74, 6) is -0.820. The lowest BCUT2D eigenvalue weighted by molar-refractivity contribution is -0.138. The maximum Gasteiger partial charge on any atom is 0.304 e. The van der Waals surface area contributed by atoms with E-state index in [2.05, 4.69) is 0 Å². The van der Waals surface area contributed by atoms with Crippen molar-refractivity contribution in [2.75, 3.05) is 0 Å². The quantitative estimate of drug-likeness (QED) is 0.648. The van der Waals surface area contributed by atoms with E-state index in [9.17, 15) is 4.79 Å². The first kappa shape index (κ1) is 10.4. The average Bonchev–Trinajstić information content (AvgIpc) is 1.86. The monoisotopic (exact) mass is 159 g/mol. The van der Waals surface area contributed by atoms with Crippen molar-refractivity contribution in [1.29, 1.82) is 0 Å². The molecule has 0 bridgehead atoms.